The molecule has 0 unspecified atom stereocenters. The number of nitrogens with zero attached hydrogens (tertiary/aromatic N) is 2. The summed E-state index contributed by atoms with van der Waals surface area (Å²) in [5.41, 5.74) is 0.792. The third-order valence-corrected chi connectivity index (χ3v) is 6.18. The van der Waals surface area contributed by atoms with Crippen molar-refractivity contribution in [1.82, 2.24) is 9.55 Å². The highest BCUT2D eigenvalue weighted by Crippen LogP contribution is 2.35. The maximum Gasteiger partial charge on any atom is 0.302 e. The van der Waals surface area contributed by atoms with Crippen molar-refractivity contribution in [3.63, 3.8) is 0 Å². The Morgan fingerprint density at radius 2 is 1.78 bits per heavy atom. The predicted molar refractivity (Wildman–Crippen MR) is 102 cm³/mol. The Morgan fingerprint density at radius 1 is 1.11 bits per heavy atom. The van der Waals surface area contributed by atoms with Crippen molar-refractivity contribution in [2.24, 2.45) is 0 Å². The first-order valence-electron chi connectivity index (χ1n) is 9.11. The van der Waals surface area contributed by atoms with E-state index in [1.54, 1.807) is 0 Å². The van der Waals surface area contributed by atoms with Gasteiger partial charge in [-0.25, -0.2) is 4.98 Å². The van der Waals surface area contributed by atoms with Crippen molar-refractivity contribution in [2.45, 2.75) is 51.4 Å². The van der Waals surface area contributed by atoms with Gasteiger partial charge in [-0.15, -0.1) is 11.3 Å². The van der Waals surface area contributed by atoms with Gasteiger partial charge in [-0.3, -0.25) is 9.36 Å². The largest absolute Gasteiger partial charge is 0.508 e. The van der Waals surface area contributed by atoms with Crippen molar-refractivity contribution in [2.75, 3.05) is 0 Å². The van der Waals surface area contributed by atoms with Crippen LogP contribution in [0.15, 0.2) is 29.1 Å². The van der Waals surface area contributed by atoms with Gasteiger partial charge >= 0.3 is 5.92 Å². The molecule has 4 rings (SSSR count). The van der Waals surface area contributed by atoms with Crippen molar-refractivity contribution in [3.05, 3.63) is 50.9 Å². The summed E-state index contributed by atoms with van der Waals surface area (Å²) >= 11 is 1.38. The minimum Gasteiger partial charge on any atom is -0.508 e. The average molecular weight is 390 g/mol. The van der Waals surface area contributed by atoms with E-state index in [9.17, 15) is 18.7 Å². The number of hydrogen-bond acceptors (Lipinski definition) is 4. The van der Waals surface area contributed by atoms with Crippen molar-refractivity contribution >= 4 is 21.6 Å². The first-order chi connectivity index (χ1) is 12.9. The van der Waals surface area contributed by atoms with Gasteiger partial charge in [0.1, 0.15) is 10.6 Å². The Hall–Kier alpha value is -2.28. The Balaban J connectivity index is 2.05. The summed E-state index contributed by atoms with van der Waals surface area (Å²) in [4.78, 5) is 19.1. The van der Waals surface area contributed by atoms with Gasteiger partial charge in [0, 0.05) is 11.8 Å². The standard InChI is InChI=1S/C20H20F2N2O2S/c1-20(21,22)19-23-17-16(14-6-4-2-3-5-7-15(14)27-17)18(26)24(19)12-8-10-13(25)11-9-12/h8-11,25H,2-7H2,1H3. The van der Waals surface area contributed by atoms with E-state index in [0.717, 1.165) is 60.5 Å². The molecule has 0 saturated carbocycles. The molecule has 1 aliphatic carbocycles. The van der Waals surface area contributed by atoms with E-state index in [0.29, 0.717) is 10.2 Å². The van der Waals surface area contributed by atoms with E-state index in [4.69, 9.17) is 0 Å². The molecule has 0 fully saturated rings. The minimum absolute atomic E-state index is 0.00583. The van der Waals surface area contributed by atoms with E-state index in [1.807, 2.05) is 0 Å². The van der Waals surface area contributed by atoms with Crippen molar-refractivity contribution in [1.29, 1.82) is 0 Å². The summed E-state index contributed by atoms with van der Waals surface area (Å²) in [6, 6.07) is 5.66. The Kier molecular flexibility index (Phi) is 4.50. The topological polar surface area (TPSA) is 55.1 Å². The third kappa shape index (κ3) is 3.25. The lowest BCUT2D eigenvalue weighted by molar-refractivity contribution is 0.00537. The lowest BCUT2D eigenvalue weighted by Gasteiger charge is -2.17. The summed E-state index contributed by atoms with van der Waals surface area (Å²) in [6.45, 7) is 0.751. The number of phenolic OH excluding ortho intramolecular Hbond substituents is 1. The smallest absolute Gasteiger partial charge is 0.302 e. The van der Waals surface area contributed by atoms with E-state index in [1.165, 1.54) is 35.6 Å². The van der Waals surface area contributed by atoms with E-state index >= 15 is 0 Å². The second kappa shape index (κ2) is 6.71. The number of alkyl halides is 2. The highest BCUT2D eigenvalue weighted by Gasteiger charge is 2.33. The van der Waals surface area contributed by atoms with Crippen LogP contribution in [0.25, 0.3) is 15.9 Å². The van der Waals surface area contributed by atoms with Crippen LogP contribution in [0.5, 0.6) is 5.75 Å². The molecule has 2 aromatic heterocycles. The second-order valence-corrected chi connectivity index (χ2v) is 8.16. The molecule has 0 amide bonds. The maximum absolute atomic E-state index is 14.3. The normalized spacial score (nSPS) is 15.4. The molecule has 27 heavy (non-hydrogen) atoms. The molecule has 0 bridgehead atoms. The summed E-state index contributed by atoms with van der Waals surface area (Å²) in [7, 11) is 0. The fourth-order valence-corrected chi connectivity index (χ4v) is 4.95. The molecule has 1 aromatic carbocycles. The number of benzene rings is 1. The maximum atomic E-state index is 14.3. The molecule has 3 aromatic rings. The molecule has 2 heterocycles. The van der Waals surface area contributed by atoms with Crippen LogP contribution in [0.2, 0.25) is 0 Å². The van der Waals surface area contributed by atoms with Gasteiger partial charge in [0.15, 0.2) is 5.82 Å². The Morgan fingerprint density at radius 3 is 2.44 bits per heavy atom. The molecule has 0 saturated heterocycles. The molecule has 4 nitrogen and oxygen atoms in total. The van der Waals surface area contributed by atoms with Gasteiger partial charge in [-0.05, 0) is 55.5 Å². The molecule has 142 valence electrons. The van der Waals surface area contributed by atoms with Gasteiger partial charge in [-0.2, -0.15) is 8.78 Å². The first-order valence-corrected chi connectivity index (χ1v) is 9.93. The Labute approximate surface area is 159 Å². The molecule has 0 spiro atoms. The van der Waals surface area contributed by atoms with Crippen LogP contribution in [-0.4, -0.2) is 14.7 Å². The van der Waals surface area contributed by atoms with Crippen LogP contribution in [-0.2, 0) is 18.8 Å². The molecule has 0 radical (unpaired) electrons. The van der Waals surface area contributed by atoms with Crippen LogP contribution in [0.3, 0.4) is 0 Å². The number of rotatable bonds is 2. The molecule has 0 atom stereocenters. The molecular weight excluding hydrogens is 370 g/mol. The number of aryl methyl sites for hydroxylation is 2. The van der Waals surface area contributed by atoms with Crippen LogP contribution >= 0.6 is 11.3 Å². The van der Waals surface area contributed by atoms with E-state index in [2.05, 4.69) is 4.98 Å². The predicted octanol–water partition coefficient (Wildman–Crippen LogP) is 4.92. The van der Waals surface area contributed by atoms with Gasteiger partial charge in [0.25, 0.3) is 5.56 Å². The fourth-order valence-electron chi connectivity index (χ4n) is 3.69. The number of phenols is 1. The number of aromatic nitrogens is 2. The van der Waals surface area contributed by atoms with Crippen LogP contribution in [0.4, 0.5) is 8.78 Å². The molecular formula is C20H20F2N2O2S. The SMILES string of the molecule is CC(F)(F)c1nc2sc3c(c2c(=O)n1-c1ccc(O)cc1)CCCCCC3. The number of fused-ring (bicyclic) bond motifs is 3. The monoisotopic (exact) mass is 390 g/mol. The Bertz CT molecular complexity index is 1050. The van der Waals surface area contributed by atoms with Crippen LogP contribution in [0, 0.1) is 0 Å². The number of thiophene rings is 1. The average Bonchev–Trinajstić information content (AvgIpc) is 2.92. The fraction of sp³-hybridized carbons (Fsp3) is 0.400. The van der Waals surface area contributed by atoms with Crippen molar-refractivity contribution < 1.29 is 13.9 Å². The number of hydrogen-bond donors (Lipinski definition) is 1. The highest BCUT2D eigenvalue weighted by atomic mass is 32.1. The summed E-state index contributed by atoms with van der Waals surface area (Å²) < 4.78 is 29.7. The number of halogens is 2. The molecule has 7 heteroatoms. The summed E-state index contributed by atoms with van der Waals surface area (Å²) in [5, 5.41) is 9.98. The summed E-state index contributed by atoms with van der Waals surface area (Å²) in [6.07, 6.45) is 5.95. The van der Waals surface area contributed by atoms with Gasteiger partial charge in [0.05, 0.1) is 11.1 Å². The lowest BCUT2D eigenvalue weighted by Crippen LogP contribution is -2.29. The van der Waals surface area contributed by atoms with Crippen molar-refractivity contribution in [3.8, 4) is 11.4 Å². The van der Waals surface area contributed by atoms with E-state index < -0.39 is 17.3 Å². The van der Waals surface area contributed by atoms with Gasteiger partial charge in [-0.1, -0.05) is 12.8 Å². The first kappa shape index (κ1) is 18.1. The highest BCUT2D eigenvalue weighted by molar-refractivity contribution is 7.18. The zero-order chi connectivity index (χ0) is 19.2. The second-order valence-electron chi connectivity index (χ2n) is 7.08. The quantitative estimate of drug-likeness (QED) is 0.675. The zero-order valence-corrected chi connectivity index (χ0v) is 15.8. The number of aromatic hydroxyl groups is 1. The molecule has 1 N–H and O–H groups in total. The van der Waals surface area contributed by atoms with Crippen LogP contribution in [0.1, 0.15) is 48.9 Å². The van der Waals surface area contributed by atoms with E-state index in [-0.39, 0.29) is 11.4 Å². The minimum atomic E-state index is -3.27. The summed E-state index contributed by atoms with van der Waals surface area (Å²) in [5.74, 6) is -3.84. The molecule has 0 aliphatic heterocycles. The van der Waals surface area contributed by atoms with Gasteiger partial charge in [0.2, 0.25) is 0 Å². The third-order valence-electron chi connectivity index (χ3n) is 4.99. The lowest BCUT2D eigenvalue weighted by atomic mass is 9.98. The molecule has 1 aliphatic rings. The zero-order valence-electron chi connectivity index (χ0n) is 15.0. The van der Waals surface area contributed by atoms with Gasteiger partial charge < -0.3 is 5.11 Å². The van der Waals surface area contributed by atoms with Crippen LogP contribution < -0.4 is 5.56 Å².